The molecule has 106 valence electrons. The maximum atomic E-state index is 12.2. The number of nitrogens with two attached hydrogens (primary N) is 1. The van der Waals surface area contributed by atoms with Crippen molar-refractivity contribution in [3.8, 4) is 0 Å². The minimum Gasteiger partial charge on any atom is -0.366 e. The Balaban J connectivity index is 2.84. The van der Waals surface area contributed by atoms with E-state index in [-0.39, 0.29) is 10.5 Å². The normalized spacial score (nSPS) is 11.7. The number of carbonyl (C=O) groups excluding carboxylic acids is 1. The Labute approximate surface area is 113 Å². The van der Waals surface area contributed by atoms with Gasteiger partial charge in [0.1, 0.15) is 0 Å². The van der Waals surface area contributed by atoms with Gasteiger partial charge in [0.05, 0.1) is 4.90 Å². The van der Waals surface area contributed by atoms with E-state index in [0.717, 1.165) is 13.0 Å². The highest BCUT2D eigenvalue weighted by molar-refractivity contribution is 7.89. The maximum absolute atomic E-state index is 12.2. The van der Waals surface area contributed by atoms with Gasteiger partial charge in [0.25, 0.3) is 0 Å². The topological polar surface area (TPSA) is 92.5 Å². The fourth-order valence-electron chi connectivity index (χ4n) is 1.57. The fraction of sp³-hybridized carbons (Fsp3) is 0.417. The molecule has 0 unspecified atom stereocenters. The number of rotatable bonds is 7. The van der Waals surface area contributed by atoms with Gasteiger partial charge in [-0.15, -0.1) is 0 Å². The largest absolute Gasteiger partial charge is 0.366 e. The van der Waals surface area contributed by atoms with Crippen LogP contribution >= 0.6 is 0 Å². The predicted octanol–water partition coefficient (Wildman–Crippen LogP) is 0.0155. The number of amides is 1. The number of benzene rings is 1. The molecule has 1 aromatic rings. The molecule has 0 aliphatic heterocycles. The molecular formula is C12H19N3O3S. The van der Waals surface area contributed by atoms with Crippen LogP contribution in [0, 0.1) is 0 Å². The molecule has 0 spiro atoms. The summed E-state index contributed by atoms with van der Waals surface area (Å²) in [4.78, 5) is 11.1. The number of nitrogens with zero attached hydrogens (tertiary/aromatic N) is 1. The molecule has 0 radical (unpaired) electrons. The Kier molecular flexibility index (Phi) is 5.46. The first-order chi connectivity index (χ1) is 8.89. The van der Waals surface area contributed by atoms with Crippen LogP contribution in [-0.2, 0) is 10.0 Å². The van der Waals surface area contributed by atoms with Crippen molar-refractivity contribution in [1.29, 1.82) is 0 Å². The van der Waals surface area contributed by atoms with Crippen molar-refractivity contribution in [3.63, 3.8) is 0 Å². The lowest BCUT2D eigenvalue weighted by Crippen LogP contribution is -2.29. The van der Waals surface area contributed by atoms with Gasteiger partial charge in [0, 0.05) is 19.2 Å². The van der Waals surface area contributed by atoms with Crippen LogP contribution in [0.1, 0.15) is 16.8 Å². The van der Waals surface area contributed by atoms with Gasteiger partial charge in [0.15, 0.2) is 0 Å². The first-order valence-electron chi connectivity index (χ1n) is 5.90. The molecule has 0 aliphatic rings. The number of sulfonamides is 1. The lowest BCUT2D eigenvalue weighted by molar-refractivity contribution is 0.1000. The Morgan fingerprint density at radius 2 is 1.89 bits per heavy atom. The SMILES string of the molecule is CNCCCN(C)S(=O)(=O)c1ccc(C(N)=O)cc1. The van der Waals surface area contributed by atoms with E-state index in [1.54, 1.807) is 0 Å². The van der Waals surface area contributed by atoms with Crippen molar-refractivity contribution < 1.29 is 13.2 Å². The van der Waals surface area contributed by atoms with Gasteiger partial charge in [0.2, 0.25) is 15.9 Å². The van der Waals surface area contributed by atoms with Crippen molar-refractivity contribution in [2.24, 2.45) is 5.73 Å². The summed E-state index contributed by atoms with van der Waals surface area (Å²) in [5.74, 6) is -0.577. The molecule has 0 saturated heterocycles. The molecule has 3 N–H and O–H groups in total. The van der Waals surface area contributed by atoms with Crippen LogP contribution in [0.2, 0.25) is 0 Å². The third-order valence-electron chi connectivity index (χ3n) is 2.75. The maximum Gasteiger partial charge on any atom is 0.248 e. The summed E-state index contributed by atoms with van der Waals surface area (Å²) in [7, 11) is -0.157. The Bertz CT molecular complexity index is 526. The predicted molar refractivity (Wildman–Crippen MR) is 73.3 cm³/mol. The van der Waals surface area contributed by atoms with Crippen molar-refractivity contribution in [2.75, 3.05) is 27.2 Å². The molecule has 6 nitrogen and oxygen atoms in total. The second-order valence-electron chi connectivity index (χ2n) is 4.17. The van der Waals surface area contributed by atoms with Gasteiger partial charge in [-0.3, -0.25) is 4.79 Å². The van der Waals surface area contributed by atoms with Crippen molar-refractivity contribution in [1.82, 2.24) is 9.62 Å². The molecule has 0 atom stereocenters. The Hall–Kier alpha value is -1.44. The molecule has 0 bridgehead atoms. The summed E-state index contributed by atoms with van der Waals surface area (Å²) < 4.78 is 25.7. The van der Waals surface area contributed by atoms with Crippen LogP contribution < -0.4 is 11.1 Å². The molecule has 1 rings (SSSR count). The highest BCUT2D eigenvalue weighted by atomic mass is 32.2. The second-order valence-corrected chi connectivity index (χ2v) is 6.22. The van der Waals surface area contributed by atoms with E-state index in [1.165, 1.54) is 35.6 Å². The zero-order valence-electron chi connectivity index (χ0n) is 11.1. The lowest BCUT2D eigenvalue weighted by atomic mass is 10.2. The van der Waals surface area contributed by atoms with Gasteiger partial charge in [-0.2, -0.15) is 0 Å². The quantitative estimate of drug-likeness (QED) is 0.691. The second kappa shape index (κ2) is 6.65. The fourth-order valence-corrected chi connectivity index (χ4v) is 2.78. The standard InChI is InChI=1S/C12H19N3O3S/c1-14-8-3-9-15(2)19(17,18)11-6-4-10(5-7-11)12(13)16/h4-7,14H,3,8-9H2,1-2H3,(H2,13,16). The van der Waals surface area contributed by atoms with Crippen LogP contribution in [0.25, 0.3) is 0 Å². The van der Waals surface area contributed by atoms with E-state index >= 15 is 0 Å². The molecule has 7 heteroatoms. The van der Waals surface area contributed by atoms with Gasteiger partial charge in [-0.25, -0.2) is 12.7 Å². The number of hydrogen-bond donors (Lipinski definition) is 2. The zero-order valence-corrected chi connectivity index (χ0v) is 11.9. The van der Waals surface area contributed by atoms with Crippen LogP contribution in [0.15, 0.2) is 29.2 Å². The first-order valence-corrected chi connectivity index (χ1v) is 7.34. The van der Waals surface area contributed by atoms with Crippen molar-refractivity contribution >= 4 is 15.9 Å². The van der Waals surface area contributed by atoms with Crippen LogP contribution in [0.4, 0.5) is 0 Å². The number of primary amides is 1. The highest BCUT2D eigenvalue weighted by Gasteiger charge is 2.20. The average molecular weight is 285 g/mol. The molecular weight excluding hydrogens is 266 g/mol. The van der Waals surface area contributed by atoms with Crippen LogP contribution in [0.3, 0.4) is 0 Å². The zero-order chi connectivity index (χ0) is 14.5. The monoisotopic (exact) mass is 285 g/mol. The third kappa shape index (κ3) is 4.02. The lowest BCUT2D eigenvalue weighted by Gasteiger charge is -2.17. The van der Waals surface area contributed by atoms with Crippen molar-refractivity contribution in [2.45, 2.75) is 11.3 Å². The van der Waals surface area contributed by atoms with Crippen molar-refractivity contribution in [3.05, 3.63) is 29.8 Å². The Morgan fingerprint density at radius 1 is 1.32 bits per heavy atom. The third-order valence-corrected chi connectivity index (χ3v) is 4.62. The summed E-state index contributed by atoms with van der Waals surface area (Å²) in [6.45, 7) is 1.18. The molecule has 0 heterocycles. The Morgan fingerprint density at radius 3 is 2.37 bits per heavy atom. The molecule has 0 saturated carbocycles. The summed E-state index contributed by atoms with van der Waals surface area (Å²) in [6.07, 6.45) is 0.728. The minimum absolute atomic E-state index is 0.157. The van der Waals surface area contributed by atoms with Gasteiger partial charge in [-0.05, 0) is 44.3 Å². The number of hydrogen-bond acceptors (Lipinski definition) is 4. The number of carbonyl (C=O) groups is 1. The molecule has 1 aromatic carbocycles. The minimum atomic E-state index is -3.51. The summed E-state index contributed by atoms with van der Waals surface area (Å²) in [6, 6.07) is 5.61. The molecule has 0 aliphatic carbocycles. The van der Waals surface area contributed by atoms with Crippen LogP contribution in [-0.4, -0.2) is 45.8 Å². The average Bonchev–Trinajstić information content (AvgIpc) is 2.39. The van der Waals surface area contributed by atoms with Gasteiger partial charge in [-0.1, -0.05) is 0 Å². The molecule has 1 amide bonds. The molecule has 0 fully saturated rings. The molecule has 19 heavy (non-hydrogen) atoms. The molecule has 0 aromatic heterocycles. The van der Waals surface area contributed by atoms with E-state index in [2.05, 4.69) is 5.32 Å². The number of nitrogens with one attached hydrogen (secondary N) is 1. The van der Waals surface area contributed by atoms with Crippen LogP contribution in [0.5, 0.6) is 0 Å². The summed E-state index contributed by atoms with van der Waals surface area (Å²) >= 11 is 0. The first kappa shape index (κ1) is 15.6. The van der Waals surface area contributed by atoms with E-state index in [4.69, 9.17) is 5.73 Å². The van der Waals surface area contributed by atoms with Gasteiger partial charge < -0.3 is 11.1 Å². The van der Waals surface area contributed by atoms with E-state index in [1.807, 2.05) is 7.05 Å². The van der Waals surface area contributed by atoms with E-state index in [0.29, 0.717) is 6.54 Å². The summed E-state index contributed by atoms with van der Waals surface area (Å²) in [5.41, 5.74) is 5.40. The summed E-state index contributed by atoms with van der Waals surface area (Å²) in [5, 5.41) is 2.96. The van der Waals surface area contributed by atoms with Gasteiger partial charge >= 0.3 is 0 Å². The smallest absolute Gasteiger partial charge is 0.248 e. The van der Waals surface area contributed by atoms with E-state index < -0.39 is 15.9 Å². The van der Waals surface area contributed by atoms with E-state index in [9.17, 15) is 13.2 Å². The highest BCUT2D eigenvalue weighted by Crippen LogP contribution is 2.15.